The van der Waals surface area contributed by atoms with Gasteiger partial charge in [-0.1, -0.05) is 6.07 Å². The molecule has 0 spiro atoms. The standard InChI is InChI=1S/C17H19N5O2/c1-3-24-13-7-6-11(9-14(13)23-2)15(18)17-20-16(21-22-17)12-5-4-8-19-10-12/h4-10,15H,3,18H2,1-2H3,(H,20,21,22)/t15-/m1/s1. The molecule has 0 radical (unpaired) electrons. The van der Waals surface area contributed by atoms with Gasteiger partial charge >= 0.3 is 0 Å². The molecule has 3 aromatic rings. The lowest BCUT2D eigenvalue weighted by Crippen LogP contribution is -2.14. The number of aromatic nitrogens is 4. The van der Waals surface area contributed by atoms with Crippen LogP contribution in [0.1, 0.15) is 24.4 Å². The topological polar surface area (TPSA) is 98.9 Å². The quantitative estimate of drug-likeness (QED) is 0.721. The minimum Gasteiger partial charge on any atom is -0.493 e. The Hall–Kier alpha value is -2.93. The Balaban J connectivity index is 1.87. The van der Waals surface area contributed by atoms with Crippen molar-refractivity contribution in [2.75, 3.05) is 13.7 Å². The molecule has 0 aliphatic heterocycles. The van der Waals surface area contributed by atoms with Crippen molar-refractivity contribution in [3.8, 4) is 22.9 Å². The Kier molecular flexibility index (Phi) is 4.72. The van der Waals surface area contributed by atoms with Gasteiger partial charge in [-0.2, -0.15) is 5.10 Å². The molecular formula is C17H19N5O2. The first-order valence-corrected chi connectivity index (χ1v) is 7.62. The van der Waals surface area contributed by atoms with Crippen molar-refractivity contribution < 1.29 is 9.47 Å². The summed E-state index contributed by atoms with van der Waals surface area (Å²) in [5, 5.41) is 7.10. The summed E-state index contributed by atoms with van der Waals surface area (Å²) in [6.07, 6.45) is 3.41. The van der Waals surface area contributed by atoms with Crippen molar-refractivity contribution in [1.29, 1.82) is 0 Å². The zero-order valence-corrected chi connectivity index (χ0v) is 13.6. The van der Waals surface area contributed by atoms with E-state index in [1.165, 1.54) is 0 Å². The lowest BCUT2D eigenvalue weighted by Gasteiger charge is -2.13. The summed E-state index contributed by atoms with van der Waals surface area (Å²) < 4.78 is 10.9. The third kappa shape index (κ3) is 3.21. The largest absolute Gasteiger partial charge is 0.493 e. The molecule has 0 unspecified atom stereocenters. The molecule has 3 N–H and O–H groups in total. The van der Waals surface area contributed by atoms with E-state index in [2.05, 4.69) is 20.2 Å². The number of ether oxygens (including phenoxy) is 2. The molecule has 0 aliphatic carbocycles. The van der Waals surface area contributed by atoms with E-state index >= 15 is 0 Å². The number of rotatable bonds is 6. The molecule has 3 rings (SSSR count). The number of nitrogens with zero attached hydrogens (tertiary/aromatic N) is 3. The van der Waals surface area contributed by atoms with E-state index in [-0.39, 0.29) is 0 Å². The average Bonchev–Trinajstić information content (AvgIpc) is 3.12. The van der Waals surface area contributed by atoms with E-state index in [1.54, 1.807) is 19.5 Å². The molecule has 24 heavy (non-hydrogen) atoms. The van der Waals surface area contributed by atoms with E-state index < -0.39 is 6.04 Å². The zero-order valence-electron chi connectivity index (χ0n) is 13.6. The summed E-state index contributed by atoms with van der Waals surface area (Å²) in [4.78, 5) is 8.53. The van der Waals surface area contributed by atoms with Crippen LogP contribution in [0.4, 0.5) is 0 Å². The molecule has 2 heterocycles. The predicted octanol–water partition coefficient (Wildman–Crippen LogP) is 2.32. The zero-order chi connectivity index (χ0) is 16.9. The number of nitrogens with one attached hydrogen (secondary N) is 1. The second kappa shape index (κ2) is 7.10. The van der Waals surface area contributed by atoms with Crippen LogP contribution in [0.5, 0.6) is 11.5 Å². The maximum atomic E-state index is 6.31. The summed E-state index contributed by atoms with van der Waals surface area (Å²) >= 11 is 0. The number of methoxy groups -OCH3 is 1. The van der Waals surface area contributed by atoms with Crippen LogP contribution in [0.3, 0.4) is 0 Å². The van der Waals surface area contributed by atoms with E-state index in [0.29, 0.717) is 29.8 Å². The SMILES string of the molecule is CCOc1ccc([C@@H](N)c2nc(-c3cccnc3)n[nH]2)cc1OC. The van der Waals surface area contributed by atoms with E-state index in [0.717, 1.165) is 11.1 Å². The van der Waals surface area contributed by atoms with Gasteiger partial charge in [0.1, 0.15) is 5.82 Å². The average molecular weight is 325 g/mol. The van der Waals surface area contributed by atoms with Crippen LogP contribution in [0.15, 0.2) is 42.7 Å². The minimum absolute atomic E-state index is 0.451. The van der Waals surface area contributed by atoms with Crippen molar-refractivity contribution in [3.63, 3.8) is 0 Å². The first-order chi connectivity index (χ1) is 11.7. The number of benzene rings is 1. The van der Waals surface area contributed by atoms with Crippen LogP contribution >= 0.6 is 0 Å². The number of aromatic amines is 1. The van der Waals surface area contributed by atoms with Gasteiger partial charge in [0.25, 0.3) is 0 Å². The van der Waals surface area contributed by atoms with Gasteiger partial charge in [-0.25, -0.2) is 4.98 Å². The van der Waals surface area contributed by atoms with Crippen molar-refractivity contribution >= 4 is 0 Å². The van der Waals surface area contributed by atoms with Crippen molar-refractivity contribution in [1.82, 2.24) is 20.2 Å². The second-order valence-corrected chi connectivity index (χ2v) is 5.11. The molecule has 2 aromatic heterocycles. The molecule has 0 saturated carbocycles. The van der Waals surface area contributed by atoms with Gasteiger partial charge in [-0.3, -0.25) is 10.1 Å². The predicted molar refractivity (Wildman–Crippen MR) is 89.8 cm³/mol. The van der Waals surface area contributed by atoms with Crippen LogP contribution in [0, 0.1) is 0 Å². The number of hydrogen-bond donors (Lipinski definition) is 2. The highest BCUT2D eigenvalue weighted by atomic mass is 16.5. The number of pyridine rings is 1. The third-order valence-corrected chi connectivity index (χ3v) is 3.56. The number of H-pyrrole nitrogens is 1. The summed E-state index contributed by atoms with van der Waals surface area (Å²) in [6, 6.07) is 8.86. The van der Waals surface area contributed by atoms with E-state index in [1.807, 2.05) is 37.3 Å². The first kappa shape index (κ1) is 15.9. The third-order valence-electron chi connectivity index (χ3n) is 3.56. The summed E-state index contributed by atoms with van der Waals surface area (Å²) in [6.45, 7) is 2.49. The fourth-order valence-electron chi connectivity index (χ4n) is 2.35. The molecule has 0 bridgehead atoms. The fourth-order valence-corrected chi connectivity index (χ4v) is 2.35. The van der Waals surface area contributed by atoms with Gasteiger partial charge < -0.3 is 15.2 Å². The Morgan fingerprint density at radius 1 is 1.25 bits per heavy atom. The highest BCUT2D eigenvalue weighted by Gasteiger charge is 2.17. The number of nitrogens with two attached hydrogens (primary N) is 1. The summed E-state index contributed by atoms with van der Waals surface area (Å²) in [5.41, 5.74) is 7.99. The maximum Gasteiger partial charge on any atom is 0.182 e. The smallest absolute Gasteiger partial charge is 0.182 e. The molecule has 0 aliphatic rings. The van der Waals surface area contributed by atoms with Crippen LogP contribution in [0.2, 0.25) is 0 Å². The summed E-state index contributed by atoms with van der Waals surface area (Å²) in [7, 11) is 1.60. The Labute approximate surface area is 139 Å². The van der Waals surface area contributed by atoms with Crippen molar-refractivity contribution in [2.45, 2.75) is 13.0 Å². The van der Waals surface area contributed by atoms with Gasteiger partial charge in [0.05, 0.1) is 19.8 Å². The maximum absolute atomic E-state index is 6.31. The summed E-state index contributed by atoms with van der Waals surface area (Å²) in [5.74, 6) is 2.45. The van der Waals surface area contributed by atoms with Gasteiger partial charge in [0.15, 0.2) is 17.3 Å². The normalized spacial score (nSPS) is 12.0. The van der Waals surface area contributed by atoms with Crippen LogP contribution in [-0.4, -0.2) is 33.9 Å². The van der Waals surface area contributed by atoms with Crippen molar-refractivity contribution in [2.24, 2.45) is 5.73 Å². The van der Waals surface area contributed by atoms with Gasteiger partial charge in [-0.05, 0) is 36.8 Å². The number of hydrogen-bond acceptors (Lipinski definition) is 6. The lowest BCUT2D eigenvalue weighted by atomic mass is 10.1. The Morgan fingerprint density at radius 2 is 2.12 bits per heavy atom. The highest BCUT2D eigenvalue weighted by Crippen LogP contribution is 2.31. The van der Waals surface area contributed by atoms with E-state index in [4.69, 9.17) is 15.2 Å². The monoisotopic (exact) mass is 325 g/mol. The fraction of sp³-hybridized carbons (Fsp3) is 0.235. The second-order valence-electron chi connectivity index (χ2n) is 5.11. The van der Waals surface area contributed by atoms with Crippen LogP contribution in [0.25, 0.3) is 11.4 Å². The van der Waals surface area contributed by atoms with Gasteiger partial charge in [0, 0.05) is 18.0 Å². The molecule has 124 valence electrons. The van der Waals surface area contributed by atoms with Gasteiger partial charge in [0.2, 0.25) is 0 Å². The molecule has 7 nitrogen and oxygen atoms in total. The first-order valence-electron chi connectivity index (χ1n) is 7.62. The van der Waals surface area contributed by atoms with Crippen LogP contribution < -0.4 is 15.2 Å². The molecule has 0 fully saturated rings. The molecule has 0 saturated heterocycles. The highest BCUT2D eigenvalue weighted by molar-refractivity contribution is 5.52. The lowest BCUT2D eigenvalue weighted by molar-refractivity contribution is 0.310. The van der Waals surface area contributed by atoms with E-state index in [9.17, 15) is 0 Å². The molecule has 1 aromatic carbocycles. The van der Waals surface area contributed by atoms with Gasteiger partial charge in [-0.15, -0.1) is 0 Å². The van der Waals surface area contributed by atoms with Crippen LogP contribution in [-0.2, 0) is 0 Å². The Morgan fingerprint density at radius 3 is 2.83 bits per heavy atom. The molecule has 7 heteroatoms. The molecular weight excluding hydrogens is 306 g/mol. The van der Waals surface area contributed by atoms with Crippen molar-refractivity contribution in [3.05, 3.63) is 54.1 Å². The molecule has 1 atom stereocenters. The Bertz CT molecular complexity index is 804. The molecule has 0 amide bonds. The minimum atomic E-state index is -0.451.